The Labute approximate surface area is 145 Å². The summed E-state index contributed by atoms with van der Waals surface area (Å²) >= 11 is 0. The first-order valence-corrected chi connectivity index (χ1v) is 9.73. The molecule has 134 valence electrons. The summed E-state index contributed by atoms with van der Waals surface area (Å²) in [7, 11) is -1.65. The van der Waals surface area contributed by atoms with E-state index in [1.54, 1.807) is 30.9 Å². The molecule has 0 atom stereocenters. The number of rotatable bonds is 5. The first-order valence-electron chi connectivity index (χ1n) is 8.29. The van der Waals surface area contributed by atoms with E-state index in [0.717, 1.165) is 18.7 Å². The number of carbonyl (C=O) groups is 1. The monoisotopic (exact) mass is 353 g/mol. The van der Waals surface area contributed by atoms with Crippen LogP contribution in [0.25, 0.3) is 0 Å². The van der Waals surface area contributed by atoms with Crippen LogP contribution in [0, 0.1) is 13.8 Å². The fourth-order valence-electron chi connectivity index (χ4n) is 2.80. The molecule has 0 radical (unpaired) electrons. The number of piperazine rings is 1. The lowest BCUT2D eigenvalue weighted by Gasteiger charge is -2.33. The number of likely N-dealkylation sites (N-methyl/N-ethyl adjacent to an activating group) is 2. The van der Waals surface area contributed by atoms with Gasteiger partial charge in [0.2, 0.25) is 15.9 Å². The van der Waals surface area contributed by atoms with Crippen LogP contribution in [0.5, 0.6) is 0 Å². The van der Waals surface area contributed by atoms with E-state index < -0.39 is 10.0 Å². The van der Waals surface area contributed by atoms with Crippen LogP contribution in [-0.2, 0) is 14.8 Å². The Morgan fingerprint density at radius 1 is 1.17 bits per heavy atom. The molecule has 7 heteroatoms. The van der Waals surface area contributed by atoms with Crippen molar-refractivity contribution in [1.29, 1.82) is 0 Å². The molecule has 1 heterocycles. The van der Waals surface area contributed by atoms with Crippen molar-refractivity contribution in [1.82, 2.24) is 14.1 Å². The summed E-state index contributed by atoms with van der Waals surface area (Å²) in [4.78, 5) is 16.7. The minimum absolute atomic E-state index is 0.101. The minimum atomic E-state index is -3.67. The summed E-state index contributed by atoms with van der Waals surface area (Å²) < 4.78 is 27.2. The third-order valence-electron chi connectivity index (χ3n) is 4.48. The molecule has 1 fully saturated rings. The number of amides is 1. The molecule has 1 aromatic carbocycles. The van der Waals surface area contributed by atoms with Crippen LogP contribution in [-0.4, -0.2) is 74.7 Å². The second-order valence-electron chi connectivity index (χ2n) is 6.38. The molecular weight excluding hydrogens is 326 g/mol. The number of hydrogen-bond donors (Lipinski definition) is 0. The maximum absolute atomic E-state index is 13.0. The van der Waals surface area contributed by atoms with Crippen LogP contribution in [0.3, 0.4) is 0 Å². The summed E-state index contributed by atoms with van der Waals surface area (Å²) in [5.74, 6) is -0.126. The highest BCUT2D eigenvalue weighted by molar-refractivity contribution is 7.89. The molecule has 1 saturated heterocycles. The van der Waals surface area contributed by atoms with Gasteiger partial charge in [0, 0.05) is 32.7 Å². The minimum Gasteiger partial charge on any atom is -0.339 e. The van der Waals surface area contributed by atoms with Gasteiger partial charge in [-0.1, -0.05) is 19.1 Å². The van der Waals surface area contributed by atoms with Crippen LogP contribution in [0.1, 0.15) is 18.1 Å². The van der Waals surface area contributed by atoms with Gasteiger partial charge in [-0.2, -0.15) is 4.31 Å². The van der Waals surface area contributed by atoms with Crippen molar-refractivity contribution in [2.45, 2.75) is 25.7 Å². The van der Waals surface area contributed by atoms with E-state index in [1.807, 2.05) is 20.0 Å². The van der Waals surface area contributed by atoms with Gasteiger partial charge in [0.15, 0.2) is 0 Å². The lowest BCUT2D eigenvalue weighted by Crippen LogP contribution is -2.50. The molecule has 0 saturated carbocycles. The molecule has 6 nitrogen and oxygen atoms in total. The van der Waals surface area contributed by atoms with E-state index in [0.29, 0.717) is 18.7 Å². The van der Waals surface area contributed by atoms with Crippen molar-refractivity contribution >= 4 is 15.9 Å². The molecule has 0 aliphatic carbocycles. The lowest BCUT2D eigenvalue weighted by atomic mass is 10.2. The van der Waals surface area contributed by atoms with Crippen molar-refractivity contribution < 1.29 is 13.2 Å². The fourth-order valence-corrected chi connectivity index (χ4v) is 4.51. The third kappa shape index (κ3) is 4.15. The van der Waals surface area contributed by atoms with Crippen LogP contribution in [0.15, 0.2) is 23.1 Å². The molecule has 1 amide bonds. The highest BCUT2D eigenvalue weighted by Crippen LogP contribution is 2.21. The zero-order valence-electron chi connectivity index (χ0n) is 14.9. The number of aryl methyl sites for hydroxylation is 2. The summed E-state index contributed by atoms with van der Waals surface area (Å²) in [5.41, 5.74) is 1.59. The Balaban J connectivity index is 2.18. The topological polar surface area (TPSA) is 60.9 Å². The normalized spacial score (nSPS) is 16.6. The van der Waals surface area contributed by atoms with Crippen molar-refractivity contribution in [2.75, 3.05) is 46.3 Å². The number of carbonyl (C=O) groups excluding carboxylic acids is 1. The van der Waals surface area contributed by atoms with Crippen molar-refractivity contribution in [3.05, 3.63) is 29.3 Å². The second kappa shape index (κ2) is 7.63. The van der Waals surface area contributed by atoms with Gasteiger partial charge in [-0.15, -0.1) is 0 Å². The van der Waals surface area contributed by atoms with Gasteiger partial charge in [-0.05, 0) is 38.1 Å². The van der Waals surface area contributed by atoms with Crippen molar-refractivity contribution in [2.24, 2.45) is 0 Å². The molecule has 2 rings (SSSR count). The van der Waals surface area contributed by atoms with Gasteiger partial charge >= 0.3 is 0 Å². The van der Waals surface area contributed by atoms with Gasteiger partial charge in [-0.3, -0.25) is 4.79 Å². The average Bonchev–Trinajstić information content (AvgIpc) is 2.55. The van der Waals surface area contributed by atoms with Gasteiger partial charge in [0.1, 0.15) is 0 Å². The van der Waals surface area contributed by atoms with Crippen LogP contribution >= 0.6 is 0 Å². The smallest absolute Gasteiger partial charge is 0.243 e. The van der Waals surface area contributed by atoms with Crippen molar-refractivity contribution in [3.8, 4) is 0 Å². The predicted molar refractivity (Wildman–Crippen MR) is 94.4 cm³/mol. The second-order valence-corrected chi connectivity index (χ2v) is 8.29. The quantitative estimate of drug-likeness (QED) is 0.795. The summed E-state index contributed by atoms with van der Waals surface area (Å²) in [5, 5.41) is 0. The highest BCUT2D eigenvalue weighted by atomic mass is 32.2. The predicted octanol–water partition coefficient (Wildman–Crippen LogP) is 1.09. The Kier molecular flexibility index (Phi) is 6.01. The number of sulfonamides is 1. The molecule has 1 aliphatic rings. The average molecular weight is 353 g/mol. The van der Waals surface area contributed by atoms with Crippen LogP contribution < -0.4 is 0 Å². The van der Waals surface area contributed by atoms with E-state index in [4.69, 9.17) is 0 Å². The van der Waals surface area contributed by atoms with Crippen molar-refractivity contribution in [3.63, 3.8) is 0 Å². The zero-order chi connectivity index (χ0) is 17.9. The number of nitrogens with zero attached hydrogens (tertiary/aromatic N) is 3. The molecule has 1 aliphatic heterocycles. The van der Waals surface area contributed by atoms with Gasteiger partial charge in [0.05, 0.1) is 11.4 Å². The first-order chi connectivity index (χ1) is 11.3. The van der Waals surface area contributed by atoms with E-state index >= 15 is 0 Å². The maximum atomic E-state index is 13.0. The Bertz CT molecular complexity index is 695. The number of hydrogen-bond acceptors (Lipinski definition) is 4. The highest BCUT2D eigenvalue weighted by Gasteiger charge is 2.29. The Morgan fingerprint density at radius 2 is 1.79 bits per heavy atom. The standard InChI is InChI=1S/C17H27N3O3S/c1-5-20(13-17(21)19-10-8-18(4)9-11-19)24(22,23)16-12-14(2)6-7-15(16)3/h6-7,12H,5,8-11,13H2,1-4H3. The van der Waals surface area contributed by atoms with Gasteiger partial charge < -0.3 is 9.80 Å². The fraction of sp³-hybridized carbons (Fsp3) is 0.588. The Hall–Kier alpha value is -1.44. The molecule has 0 N–H and O–H groups in total. The van der Waals surface area contributed by atoms with Gasteiger partial charge in [-0.25, -0.2) is 8.42 Å². The molecule has 1 aromatic rings. The zero-order valence-corrected chi connectivity index (χ0v) is 15.8. The SMILES string of the molecule is CCN(CC(=O)N1CCN(C)CC1)S(=O)(=O)c1cc(C)ccc1C. The molecule has 0 spiro atoms. The summed E-state index contributed by atoms with van der Waals surface area (Å²) in [6.07, 6.45) is 0. The molecular formula is C17H27N3O3S. The Morgan fingerprint density at radius 3 is 2.38 bits per heavy atom. The first kappa shape index (κ1) is 18.9. The van der Waals surface area contributed by atoms with E-state index in [1.165, 1.54) is 4.31 Å². The lowest BCUT2D eigenvalue weighted by molar-refractivity contribution is -0.132. The number of benzene rings is 1. The van der Waals surface area contributed by atoms with Gasteiger partial charge in [0.25, 0.3) is 0 Å². The van der Waals surface area contributed by atoms with E-state index in [9.17, 15) is 13.2 Å². The summed E-state index contributed by atoms with van der Waals surface area (Å²) in [6, 6.07) is 5.37. The van der Waals surface area contributed by atoms with Crippen LogP contribution in [0.2, 0.25) is 0 Å². The van der Waals surface area contributed by atoms with E-state index in [2.05, 4.69) is 4.90 Å². The molecule has 0 aromatic heterocycles. The third-order valence-corrected chi connectivity index (χ3v) is 6.54. The molecule has 0 bridgehead atoms. The molecule has 0 unspecified atom stereocenters. The molecule has 24 heavy (non-hydrogen) atoms. The van der Waals surface area contributed by atoms with Crippen LogP contribution in [0.4, 0.5) is 0 Å². The van der Waals surface area contributed by atoms with E-state index in [-0.39, 0.29) is 23.9 Å². The summed E-state index contributed by atoms with van der Waals surface area (Å²) in [6.45, 7) is 8.52. The maximum Gasteiger partial charge on any atom is 0.243 e. The largest absolute Gasteiger partial charge is 0.339 e.